The standard InChI is InChI=1S/C14H10BrF2N3/c1-7-4-13-11(6-10(7)17)19-14(18)20(13)12-5-8(16)2-3-9(12)15/h2-6H,1H3,(H2,18,19). The Hall–Kier alpha value is -1.95. The van der Waals surface area contributed by atoms with Gasteiger partial charge in [0.2, 0.25) is 5.95 Å². The van der Waals surface area contributed by atoms with Gasteiger partial charge in [0.15, 0.2) is 0 Å². The SMILES string of the molecule is Cc1cc2c(cc1F)nc(N)n2-c1cc(F)ccc1Br. The third-order valence-electron chi connectivity index (χ3n) is 3.11. The van der Waals surface area contributed by atoms with Crippen LogP contribution in [-0.2, 0) is 0 Å². The summed E-state index contributed by atoms with van der Waals surface area (Å²) in [5, 5.41) is 0. The Morgan fingerprint density at radius 1 is 1.20 bits per heavy atom. The Morgan fingerprint density at radius 2 is 1.95 bits per heavy atom. The highest BCUT2D eigenvalue weighted by Gasteiger charge is 2.15. The molecule has 0 aliphatic rings. The number of rotatable bonds is 1. The van der Waals surface area contributed by atoms with E-state index in [2.05, 4.69) is 20.9 Å². The zero-order chi connectivity index (χ0) is 14.4. The quantitative estimate of drug-likeness (QED) is 0.730. The van der Waals surface area contributed by atoms with E-state index < -0.39 is 0 Å². The Labute approximate surface area is 122 Å². The second kappa shape index (κ2) is 4.56. The normalized spacial score (nSPS) is 11.2. The van der Waals surface area contributed by atoms with Crippen LogP contribution in [0.3, 0.4) is 0 Å². The van der Waals surface area contributed by atoms with Crippen LogP contribution in [0.4, 0.5) is 14.7 Å². The minimum Gasteiger partial charge on any atom is -0.369 e. The number of nitrogens with zero attached hydrogens (tertiary/aromatic N) is 2. The summed E-state index contributed by atoms with van der Waals surface area (Å²) in [6, 6.07) is 7.25. The molecule has 2 aromatic carbocycles. The largest absolute Gasteiger partial charge is 0.369 e. The number of hydrogen-bond donors (Lipinski definition) is 1. The molecular weight excluding hydrogens is 328 g/mol. The first kappa shape index (κ1) is 13.1. The van der Waals surface area contributed by atoms with Gasteiger partial charge in [0.1, 0.15) is 11.6 Å². The predicted octanol–water partition coefficient (Wildman–Crippen LogP) is 3.96. The van der Waals surface area contributed by atoms with Gasteiger partial charge in [0.05, 0.1) is 16.7 Å². The first-order valence-corrected chi connectivity index (χ1v) is 6.66. The fraction of sp³-hybridized carbons (Fsp3) is 0.0714. The number of hydrogen-bond acceptors (Lipinski definition) is 2. The zero-order valence-electron chi connectivity index (χ0n) is 10.5. The van der Waals surface area contributed by atoms with Gasteiger partial charge in [-0.2, -0.15) is 0 Å². The number of imidazole rings is 1. The van der Waals surface area contributed by atoms with E-state index in [1.807, 2.05) is 0 Å². The summed E-state index contributed by atoms with van der Waals surface area (Å²) >= 11 is 3.36. The van der Waals surface area contributed by atoms with Crippen molar-refractivity contribution >= 4 is 32.9 Å². The fourth-order valence-electron chi connectivity index (χ4n) is 2.13. The molecule has 0 saturated carbocycles. The van der Waals surface area contributed by atoms with Crippen LogP contribution in [0.15, 0.2) is 34.8 Å². The summed E-state index contributed by atoms with van der Waals surface area (Å²) in [6.07, 6.45) is 0. The van der Waals surface area contributed by atoms with Crippen LogP contribution < -0.4 is 5.73 Å². The molecule has 3 aromatic rings. The monoisotopic (exact) mass is 337 g/mol. The van der Waals surface area contributed by atoms with Gasteiger partial charge in [-0.15, -0.1) is 0 Å². The van der Waals surface area contributed by atoms with Crippen molar-refractivity contribution in [2.24, 2.45) is 0 Å². The maximum atomic E-state index is 13.6. The summed E-state index contributed by atoms with van der Waals surface area (Å²) < 4.78 is 29.3. The van der Waals surface area contributed by atoms with E-state index >= 15 is 0 Å². The van der Waals surface area contributed by atoms with E-state index in [0.717, 1.165) is 0 Å². The molecule has 20 heavy (non-hydrogen) atoms. The van der Waals surface area contributed by atoms with Gasteiger partial charge in [-0.3, -0.25) is 4.57 Å². The summed E-state index contributed by atoms with van der Waals surface area (Å²) in [7, 11) is 0. The summed E-state index contributed by atoms with van der Waals surface area (Å²) in [6.45, 7) is 1.66. The number of aryl methyl sites for hydroxylation is 1. The molecule has 0 saturated heterocycles. The number of nitrogens with two attached hydrogens (primary N) is 1. The molecular formula is C14H10BrF2N3. The van der Waals surface area contributed by atoms with Crippen LogP contribution >= 0.6 is 15.9 Å². The van der Waals surface area contributed by atoms with Crippen LogP contribution in [0.2, 0.25) is 0 Å². The molecule has 0 aliphatic carbocycles. The van der Waals surface area contributed by atoms with Gasteiger partial charge in [0.25, 0.3) is 0 Å². The molecule has 0 bridgehead atoms. The van der Waals surface area contributed by atoms with Crippen molar-refractivity contribution in [3.8, 4) is 5.69 Å². The maximum Gasteiger partial charge on any atom is 0.205 e. The molecule has 0 radical (unpaired) electrons. The molecule has 0 aliphatic heterocycles. The predicted molar refractivity (Wildman–Crippen MR) is 77.8 cm³/mol. The molecule has 0 atom stereocenters. The molecule has 2 N–H and O–H groups in total. The van der Waals surface area contributed by atoms with Gasteiger partial charge in [-0.05, 0) is 52.7 Å². The molecule has 0 unspecified atom stereocenters. The van der Waals surface area contributed by atoms with E-state index in [0.29, 0.717) is 26.8 Å². The highest BCUT2D eigenvalue weighted by molar-refractivity contribution is 9.10. The van der Waals surface area contributed by atoms with Crippen LogP contribution in [0.5, 0.6) is 0 Å². The molecule has 1 aromatic heterocycles. The van der Waals surface area contributed by atoms with Crippen molar-refractivity contribution in [2.45, 2.75) is 6.92 Å². The van der Waals surface area contributed by atoms with Gasteiger partial charge in [0, 0.05) is 10.5 Å². The number of halogens is 3. The Morgan fingerprint density at radius 3 is 2.70 bits per heavy atom. The number of fused-ring (bicyclic) bond motifs is 1. The number of benzene rings is 2. The molecule has 1 heterocycles. The second-order valence-corrected chi connectivity index (χ2v) is 5.35. The van der Waals surface area contributed by atoms with E-state index in [1.165, 1.54) is 18.2 Å². The molecule has 0 fully saturated rings. The minimum atomic E-state index is -0.386. The van der Waals surface area contributed by atoms with Crippen molar-refractivity contribution in [2.75, 3.05) is 5.73 Å². The third kappa shape index (κ3) is 1.96. The Balaban J connectivity index is 2.38. The summed E-state index contributed by atoms with van der Waals surface area (Å²) in [5.74, 6) is -0.556. The number of nitrogen functional groups attached to an aromatic ring is 1. The Kier molecular flexibility index (Phi) is 2.97. The lowest BCUT2D eigenvalue weighted by atomic mass is 10.2. The van der Waals surface area contributed by atoms with Crippen molar-refractivity contribution in [1.29, 1.82) is 0 Å². The van der Waals surface area contributed by atoms with E-state index in [9.17, 15) is 8.78 Å². The number of anilines is 1. The van der Waals surface area contributed by atoms with E-state index in [4.69, 9.17) is 5.73 Å². The van der Waals surface area contributed by atoms with Gasteiger partial charge in [-0.1, -0.05) is 0 Å². The van der Waals surface area contributed by atoms with Crippen LogP contribution in [0, 0.1) is 18.6 Å². The van der Waals surface area contributed by atoms with E-state index in [-0.39, 0.29) is 17.6 Å². The lowest BCUT2D eigenvalue weighted by molar-refractivity contribution is 0.620. The van der Waals surface area contributed by atoms with Crippen molar-refractivity contribution in [3.05, 3.63) is 52.0 Å². The lowest BCUT2D eigenvalue weighted by Crippen LogP contribution is -2.02. The van der Waals surface area contributed by atoms with Gasteiger partial charge in [-0.25, -0.2) is 13.8 Å². The summed E-state index contributed by atoms with van der Waals surface area (Å²) in [4.78, 5) is 4.12. The van der Waals surface area contributed by atoms with Crippen LogP contribution in [-0.4, -0.2) is 9.55 Å². The highest BCUT2D eigenvalue weighted by Crippen LogP contribution is 2.30. The smallest absolute Gasteiger partial charge is 0.205 e. The zero-order valence-corrected chi connectivity index (χ0v) is 12.1. The van der Waals surface area contributed by atoms with E-state index in [1.54, 1.807) is 23.6 Å². The second-order valence-electron chi connectivity index (χ2n) is 4.49. The Bertz CT molecular complexity index is 827. The minimum absolute atomic E-state index is 0.177. The molecule has 0 spiro atoms. The highest BCUT2D eigenvalue weighted by atomic mass is 79.9. The average molecular weight is 338 g/mol. The van der Waals surface area contributed by atoms with Gasteiger partial charge >= 0.3 is 0 Å². The van der Waals surface area contributed by atoms with Gasteiger partial charge < -0.3 is 5.73 Å². The number of aromatic nitrogens is 2. The van der Waals surface area contributed by atoms with Crippen LogP contribution in [0.25, 0.3) is 16.7 Å². The van der Waals surface area contributed by atoms with Crippen molar-refractivity contribution in [1.82, 2.24) is 9.55 Å². The van der Waals surface area contributed by atoms with Crippen molar-refractivity contribution in [3.63, 3.8) is 0 Å². The first-order chi connectivity index (χ1) is 9.47. The first-order valence-electron chi connectivity index (χ1n) is 5.87. The molecule has 3 nitrogen and oxygen atoms in total. The summed E-state index contributed by atoms with van der Waals surface area (Å²) in [5.41, 5.74) is 7.96. The van der Waals surface area contributed by atoms with Crippen LogP contribution in [0.1, 0.15) is 5.56 Å². The average Bonchev–Trinajstić information content (AvgIpc) is 2.69. The molecule has 6 heteroatoms. The molecule has 0 amide bonds. The maximum absolute atomic E-state index is 13.6. The third-order valence-corrected chi connectivity index (χ3v) is 3.78. The van der Waals surface area contributed by atoms with Crippen molar-refractivity contribution < 1.29 is 8.78 Å². The fourth-order valence-corrected chi connectivity index (χ4v) is 2.56. The lowest BCUT2D eigenvalue weighted by Gasteiger charge is -2.09. The molecule has 3 rings (SSSR count). The molecule has 102 valence electrons. The topological polar surface area (TPSA) is 43.8 Å².